The lowest BCUT2D eigenvalue weighted by molar-refractivity contribution is -0.156. The van der Waals surface area contributed by atoms with Gasteiger partial charge in [-0.05, 0) is 31.0 Å². The topological polar surface area (TPSA) is 27.9 Å². The number of halogens is 3. The van der Waals surface area contributed by atoms with Gasteiger partial charge in [-0.1, -0.05) is 6.07 Å². The maximum absolute atomic E-state index is 13.9. The highest BCUT2D eigenvalue weighted by molar-refractivity contribution is 5.86. The number of carbonyl (C=O) groups is 1. The second kappa shape index (κ2) is 4.96. The number of rotatable bonds is 2. The summed E-state index contributed by atoms with van der Waals surface area (Å²) in [6.07, 6.45) is 0.526. The summed E-state index contributed by atoms with van der Waals surface area (Å²) >= 11 is 0. The van der Waals surface area contributed by atoms with Crippen LogP contribution < -0.4 is 0 Å². The highest BCUT2D eigenvalue weighted by Gasteiger charge is 2.62. The first-order chi connectivity index (χ1) is 10.7. The number of hydrogen-bond acceptors (Lipinski definition) is 2. The van der Waals surface area contributed by atoms with Gasteiger partial charge in [0, 0.05) is 20.0 Å². The summed E-state index contributed by atoms with van der Waals surface area (Å²) in [4.78, 5) is 15.8. The van der Waals surface area contributed by atoms with Crippen LogP contribution in [0.2, 0.25) is 0 Å². The van der Waals surface area contributed by atoms with E-state index in [1.807, 2.05) is 0 Å². The van der Waals surface area contributed by atoms with Crippen LogP contribution in [-0.4, -0.2) is 34.9 Å². The summed E-state index contributed by atoms with van der Waals surface area (Å²) in [6, 6.07) is 3.37. The van der Waals surface area contributed by atoms with Crippen molar-refractivity contribution in [2.75, 3.05) is 13.1 Å². The van der Waals surface area contributed by atoms with E-state index < -0.39 is 29.1 Å². The molecule has 0 spiro atoms. The van der Waals surface area contributed by atoms with E-state index >= 15 is 0 Å². The lowest BCUT2D eigenvalue weighted by Gasteiger charge is -2.30. The molecular weight excluding hydrogens is 307 g/mol. The maximum atomic E-state index is 13.9. The molecule has 4 nitrogen and oxygen atoms in total. The molecule has 23 heavy (non-hydrogen) atoms. The Bertz CT molecular complexity index is 710. The van der Waals surface area contributed by atoms with Crippen LogP contribution in [0, 0.1) is 17.8 Å². The summed E-state index contributed by atoms with van der Waals surface area (Å²) in [5.41, 5.74) is -1.19. The minimum atomic E-state index is -3.15. The summed E-state index contributed by atoms with van der Waals surface area (Å²) < 4.78 is 41.5. The monoisotopic (exact) mass is 323 g/mol. The Balaban J connectivity index is 1.98. The first kappa shape index (κ1) is 15.8. The molecule has 0 saturated carbocycles. The minimum Gasteiger partial charge on any atom is -0.272 e. The predicted octanol–water partition coefficient (Wildman–Crippen LogP) is 3.54. The summed E-state index contributed by atoms with van der Waals surface area (Å²) in [5, 5.41) is 2.92. The molecule has 1 aromatic carbocycles. The van der Waals surface area contributed by atoms with E-state index in [2.05, 4.69) is 4.85 Å². The molecule has 0 radical (unpaired) electrons. The number of nitrogens with zero attached hydrogens (tertiary/aromatic N) is 3. The van der Waals surface area contributed by atoms with Crippen LogP contribution in [0.3, 0.4) is 0 Å². The van der Waals surface area contributed by atoms with Crippen molar-refractivity contribution in [3.8, 4) is 0 Å². The van der Waals surface area contributed by atoms with Gasteiger partial charge in [-0.3, -0.25) is 9.80 Å². The van der Waals surface area contributed by atoms with E-state index in [-0.39, 0.29) is 12.2 Å². The zero-order valence-corrected chi connectivity index (χ0v) is 12.8. The molecule has 122 valence electrons. The van der Waals surface area contributed by atoms with E-state index in [1.165, 1.54) is 24.1 Å². The first-order valence-corrected chi connectivity index (χ1v) is 7.32. The van der Waals surface area contributed by atoms with Gasteiger partial charge >= 0.3 is 0 Å². The van der Waals surface area contributed by atoms with Gasteiger partial charge in [-0.25, -0.2) is 23.0 Å². The zero-order valence-electron chi connectivity index (χ0n) is 12.8. The van der Waals surface area contributed by atoms with Crippen LogP contribution in [0.5, 0.6) is 0 Å². The summed E-state index contributed by atoms with van der Waals surface area (Å²) in [7, 11) is 0. The van der Waals surface area contributed by atoms with Crippen LogP contribution in [0.15, 0.2) is 18.2 Å². The van der Waals surface area contributed by atoms with Gasteiger partial charge in [0.05, 0.1) is 12.6 Å². The van der Waals surface area contributed by atoms with Crippen LogP contribution in [0.1, 0.15) is 31.9 Å². The molecule has 0 aromatic heterocycles. The van der Waals surface area contributed by atoms with E-state index in [9.17, 15) is 18.0 Å². The second-order valence-electron chi connectivity index (χ2n) is 6.42. The van der Waals surface area contributed by atoms with Crippen molar-refractivity contribution in [1.82, 2.24) is 10.0 Å². The molecule has 2 aliphatic rings. The Morgan fingerprint density at radius 2 is 2.09 bits per heavy atom. The highest BCUT2D eigenvalue weighted by atomic mass is 19.3. The van der Waals surface area contributed by atoms with E-state index in [0.717, 1.165) is 13.0 Å². The maximum Gasteiger partial charge on any atom is 0.260 e. The van der Waals surface area contributed by atoms with Crippen LogP contribution in [0.25, 0.3) is 4.85 Å². The van der Waals surface area contributed by atoms with Crippen molar-refractivity contribution < 1.29 is 18.0 Å². The van der Waals surface area contributed by atoms with Crippen LogP contribution in [-0.2, 0) is 4.79 Å². The molecule has 2 heterocycles. The first-order valence-electron chi connectivity index (χ1n) is 7.32. The zero-order chi connectivity index (χ0) is 17.0. The smallest absolute Gasteiger partial charge is 0.260 e. The van der Waals surface area contributed by atoms with Gasteiger partial charge in [-0.2, -0.15) is 0 Å². The molecule has 7 heteroatoms. The largest absolute Gasteiger partial charge is 0.272 e. The SMILES string of the molecule is [C-]#[N+]c1cc(F)cc([C@@H]2CCN3C[C@@](C)(C(C)(F)F)C(=O)N23)c1. The third kappa shape index (κ3) is 2.29. The van der Waals surface area contributed by atoms with Crippen molar-refractivity contribution in [2.24, 2.45) is 5.41 Å². The van der Waals surface area contributed by atoms with E-state index in [1.54, 1.807) is 5.01 Å². The molecular formula is C16H16F3N3O. The van der Waals surface area contributed by atoms with Crippen molar-refractivity contribution >= 4 is 11.6 Å². The molecule has 3 rings (SSSR count). The molecule has 0 N–H and O–H groups in total. The molecule has 2 saturated heterocycles. The fraction of sp³-hybridized carbons (Fsp3) is 0.500. The normalized spacial score (nSPS) is 28.1. The fourth-order valence-electron chi connectivity index (χ4n) is 3.30. The standard InChI is InChI=1S/C16H16F3N3O/c1-15(16(2,18)19)9-21-5-4-13(22(21)14(15)23)10-6-11(17)8-12(7-10)20-3/h6-8,13H,4-5,9H2,1-2H3/t13-,15+/m0/s1. The lowest BCUT2D eigenvalue weighted by atomic mass is 9.83. The number of fused-ring (bicyclic) bond motifs is 1. The van der Waals surface area contributed by atoms with Gasteiger partial charge in [0.15, 0.2) is 5.69 Å². The van der Waals surface area contributed by atoms with Crippen molar-refractivity contribution in [3.05, 3.63) is 41.0 Å². The van der Waals surface area contributed by atoms with Gasteiger partial charge in [0.25, 0.3) is 11.8 Å². The van der Waals surface area contributed by atoms with Gasteiger partial charge < -0.3 is 0 Å². The summed E-state index contributed by atoms with van der Waals surface area (Å²) in [5.74, 6) is -4.37. The number of hydrogen-bond donors (Lipinski definition) is 0. The van der Waals surface area contributed by atoms with E-state index in [4.69, 9.17) is 6.57 Å². The molecule has 1 aromatic rings. The number of carbonyl (C=O) groups excluding carboxylic acids is 1. The quantitative estimate of drug-likeness (QED) is 0.779. The molecule has 0 bridgehead atoms. The van der Waals surface area contributed by atoms with Gasteiger partial charge in [-0.15, -0.1) is 0 Å². The molecule has 2 fully saturated rings. The second-order valence-corrected chi connectivity index (χ2v) is 6.42. The average Bonchev–Trinajstić information content (AvgIpc) is 2.97. The molecule has 2 aliphatic heterocycles. The Morgan fingerprint density at radius 1 is 1.39 bits per heavy atom. The Hall–Kier alpha value is -2.07. The van der Waals surface area contributed by atoms with Crippen molar-refractivity contribution in [3.63, 3.8) is 0 Å². The van der Waals surface area contributed by atoms with Gasteiger partial charge in [0.1, 0.15) is 11.2 Å². The third-order valence-electron chi connectivity index (χ3n) is 4.83. The third-order valence-corrected chi connectivity index (χ3v) is 4.83. The van der Waals surface area contributed by atoms with Crippen LogP contribution in [0.4, 0.5) is 18.9 Å². The van der Waals surface area contributed by atoms with Crippen LogP contribution >= 0.6 is 0 Å². The highest BCUT2D eigenvalue weighted by Crippen LogP contribution is 2.49. The predicted molar refractivity (Wildman–Crippen MR) is 77.2 cm³/mol. The molecule has 1 amide bonds. The lowest BCUT2D eigenvalue weighted by Crippen LogP contribution is -2.45. The Morgan fingerprint density at radius 3 is 2.70 bits per heavy atom. The fourth-order valence-corrected chi connectivity index (χ4v) is 3.30. The Labute approximate surface area is 132 Å². The van der Waals surface area contributed by atoms with Crippen molar-refractivity contribution in [2.45, 2.75) is 32.2 Å². The molecule has 2 atom stereocenters. The average molecular weight is 323 g/mol. The minimum absolute atomic E-state index is 0.0587. The number of benzene rings is 1. The molecule has 0 aliphatic carbocycles. The van der Waals surface area contributed by atoms with Crippen molar-refractivity contribution in [1.29, 1.82) is 0 Å². The number of amides is 1. The Kier molecular flexibility index (Phi) is 3.41. The number of hydrazine groups is 1. The molecule has 0 unspecified atom stereocenters. The number of alkyl halides is 2. The van der Waals surface area contributed by atoms with Gasteiger partial charge in [0.2, 0.25) is 0 Å². The summed E-state index contributed by atoms with van der Waals surface area (Å²) in [6.45, 7) is 9.42. The van der Waals surface area contributed by atoms with E-state index in [0.29, 0.717) is 18.5 Å².